The van der Waals surface area contributed by atoms with E-state index in [4.69, 9.17) is 0 Å². The van der Waals surface area contributed by atoms with Crippen molar-refractivity contribution < 1.29 is 4.79 Å². The Hall–Kier alpha value is -1.90. The molecule has 0 radical (unpaired) electrons. The number of hydrogen-bond acceptors (Lipinski definition) is 2. The van der Waals surface area contributed by atoms with E-state index in [-0.39, 0.29) is 5.78 Å². The van der Waals surface area contributed by atoms with Gasteiger partial charge in [0.1, 0.15) is 11.5 Å². The zero-order valence-electron chi connectivity index (χ0n) is 9.69. The number of Topliss-reactive ketones (excluding diaryl/α,β-unsaturated/α-hetero) is 1. The minimum absolute atomic E-state index is 0.00952. The molecule has 0 spiro atoms. The second kappa shape index (κ2) is 3.93. The number of carbonyl (C=O) groups is 1. The molecule has 0 saturated heterocycles. The van der Waals surface area contributed by atoms with Crippen LogP contribution in [-0.2, 0) is 0 Å². The van der Waals surface area contributed by atoms with Gasteiger partial charge >= 0.3 is 0 Å². The first-order chi connectivity index (χ1) is 7.61. The largest absolute Gasteiger partial charge is 0.300 e. The Bertz CT molecular complexity index is 526. The summed E-state index contributed by atoms with van der Waals surface area (Å²) in [6.07, 6.45) is 0. The molecule has 0 aliphatic rings. The summed E-state index contributed by atoms with van der Waals surface area (Å²) >= 11 is 0. The van der Waals surface area contributed by atoms with Crippen molar-refractivity contribution in [2.24, 2.45) is 0 Å². The van der Waals surface area contributed by atoms with Crippen molar-refractivity contribution in [2.75, 3.05) is 0 Å². The minimum atomic E-state index is 0.00952. The van der Waals surface area contributed by atoms with Crippen LogP contribution in [0.3, 0.4) is 0 Å². The van der Waals surface area contributed by atoms with Crippen LogP contribution in [0.25, 0.3) is 5.69 Å². The summed E-state index contributed by atoms with van der Waals surface area (Å²) in [6, 6.07) is 9.93. The molecule has 16 heavy (non-hydrogen) atoms. The lowest BCUT2D eigenvalue weighted by molar-refractivity contribution is 0.101. The predicted octanol–water partition coefficient (Wildman–Crippen LogP) is 2.69. The van der Waals surface area contributed by atoms with Crippen molar-refractivity contribution in [1.82, 2.24) is 9.55 Å². The van der Waals surface area contributed by atoms with Crippen LogP contribution in [0.5, 0.6) is 0 Å². The third kappa shape index (κ3) is 1.65. The van der Waals surface area contributed by atoms with Gasteiger partial charge in [0.2, 0.25) is 0 Å². The summed E-state index contributed by atoms with van der Waals surface area (Å²) < 4.78 is 2.00. The van der Waals surface area contributed by atoms with Gasteiger partial charge < -0.3 is 4.57 Å². The van der Waals surface area contributed by atoms with E-state index >= 15 is 0 Å². The van der Waals surface area contributed by atoms with Crippen LogP contribution >= 0.6 is 0 Å². The number of rotatable bonds is 2. The highest BCUT2D eigenvalue weighted by Crippen LogP contribution is 2.17. The van der Waals surface area contributed by atoms with Crippen LogP contribution in [0.2, 0.25) is 0 Å². The maximum atomic E-state index is 11.4. The number of nitrogens with zero attached hydrogens (tertiary/aromatic N) is 2. The maximum Gasteiger partial charge on any atom is 0.179 e. The Morgan fingerprint density at radius 2 is 1.81 bits per heavy atom. The van der Waals surface area contributed by atoms with E-state index in [1.807, 2.05) is 48.7 Å². The SMILES string of the molecule is CC(=O)c1nc(C)n(-c2ccccc2)c1C. The first-order valence-electron chi connectivity index (χ1n) is 5.23. The fraction of sp³-hybridized carbons (Fsp3) is 0.231. The topological polar surface area (TPSA) is 34.9 Å². The fourth-order valence-electron chi connectivity index (χ4n) is 1.93. The molecular formula is C13H14N2O. The molecule has 0 atom stereocenters. The Balaban J connectivity index is 2.63. The molecule has 0 amide bonds. The molecule has 2 aromatic rings. The molecule has 1 heterocycles. The lowest BCUT2D eigenvalue weighted by Gasteiger charge is -2.07. The summed E-state index contributed by atoms with van der Waals surface area (Å²) in [6.45, 7) is 5.38. The van der Waals surface area contributed by atoms with Gasteiger partial charge in [-0.2, -0.15) is 0 Å². The third-order valence-corrected chi connectivity index (χ3v) is 2.62. The standard InChI is InChI=1S/C13H14N2O/c1-9-13(10(2)16)14-11(3)15(9)12-7-5-4-6-8-12/h4-8H,1-3H3. The number of benzene rings is 1. The van der Waals surface area contributed by atoms with Crippen molar-refractivity contribution in [1.29, 1.82) is 0 Å². The normalized spacial score (nSPS) is 10.4. The lowest BCUT2D eigenvalue weighted by Crippen LogP contribution is -2.00. The molecule has 0 saturated carbocycles. The monoisotopic (exact) mass is 214 g/mol. The smallest absolute Gasteiger partial charge is 0.179 e. The van der Waals surface area contributed by atoms with Crippen molar-refractivity contribution in [3.8, 4) is 5.69 Å². The van der Waals surface area contributed by atoms with Crippen LogP contribution in [0.4, 0.5) is 0 Å². The Kier molecular flexibility index (Phi) is 2.60. The maximum absolute atomic E-state index is 11.4. The Labute approximate surface area is 94.7 Å². The van der Waals surface area contributed by atoms with Gasteiger partial charge in [-0.15, -0.1) is 0 Å². The molecule has 0 N–H and O–H groups in total. The Morgan fingerprint density at radius 1 is 1.19 bits per heavy atom. The summed E-state index contributed by atoms with van der Waals surface area (Å²) in [5.74, 6) is 0.851. The highest BCUT2D eigenvalue weighted by Gasteiger charge is 2.14. The van der Waals surface area contributed by atoms with Gasteiger partial charge in [0.15, 0.2) is 5.78 Å². The van der Waals surface area contributed by atoms with Crippen LogP contribution in [-0.4, -0.2) is 15.3 Å². The molecule has 2 rings (SSSR count). The molecule has 0 aliphatic carbocycles. The first-order valence-corrected chi connectivity index (χ1v) is 5.23. The quantitative estimate of drug-likeness (QED) is 0.720. The highest BCUT2D eigenvalue weighted by atomic mass is 16.1. The van der Waals surface area contributed by atoms with E-state index in [9.17, 15) is 4.79 Å². The molecule has 1 aromatic heterocycles. The van der Waals surface area contributed by atoms with Crippen LogP contribution in [0.1, 0.15) is 28.9 Å². The lowest BCUT2D eigenvalue weighted by atomic mass is 10.2. The van der Waals surface area contributed by atoms with Gasteiger partial charge in [0.25, 0.3) is 0 Å². The molecular weight excluding hydrogens is 200 g/mol. The molecule has 0 aliphatic heterocycles. The fourth-order valence-corrected chi connectivity index (χ4v) is 1.93. The molecule has 0 unspecified atom stereocenters. The summed E-state index contributed by atoms with van der Waals surface area (Å²) in [7, 11) is 0. The van der Waals surface area contributed by atoms with Gasteiger partial charge in [-0.1, -0.05) is 18.2 Å². The van der Waals surface area contributed by atoms with E-state index in [0.717, 1.165) is 17.2 Å². The number of imidazole rings is 1. The van der Waals surface area contributed by atoms with Gasteiger partial charge in [0.05, 0.1) is 5.69 Å². The molecule has 82 valence electrons. The number of hydrogen-bond donors (Lipinski definition) is 0. The number of carbonyl (C=O) groups excluding carboxylic acids is 1. The van der Waals surface area contributed by atoms with E-state index in [0.29, 0.717) is 5.69 Å². The van der Waals surface area contributed by atoms with Crippen molar-refractivity contribution in [3.63, 3.8) is 0 Å². The molecule has 3 nitrogen and oxygen atoms in total. The van der Waals surface area contributed by atoms with Gasteiger partial charge in [-0.05, 0) is 26.0 Å². The van der Waals surface area contributed by atoms with Crippen LogP contribution < -0.4 is 0 Å². The van der Waals surface area contributed by atoms with E-state index in [1.165, 1.54) is 0 Å². The van der Waals surface area contributed by atoms with E-state index < -0.39 is 0 Å². The van der Waals surface area contributed by atoms with E-state index in [1.54, 1.807) is 6.92 Å². The second-order valence-electron chi connectivity index (χ2n) is 3.82. The zero-order valence-corrected chi connectivity index (χ0v) is 9.69. The Morgan fingerprint density at radius 3 is 2.31 bits per heavy atom. The zero-order chi connectivity index (χ0) is 11.7. The summed E-state index contributed by atoms with van der Waals surface area (Å²) in [5.41, 5.74) is 2.50. The first kappa shape index (κ1) is 10.6. The minimum Gasteiger partial charge on any atom is -0.300 e. The third-order valence-electron chi connectivity index (χ3n) is 2.62. The average molecular weight is 214 g/mol. The van der Waals surface area contributed by atoms with Crippen molar-refractivity contribution >= 4 is 5.78 Å². The second-order valence-corrected chi connectivity index (χ2v) is 3.82. The van der Waals surface area contributed by atoms with Gasteiger partial charge in [0, 0.05) is 12.6 Å². The molecule has 1 aromatic carbocycles. The highest BCUT2D eigenvalue weighted by molar-refractivity contribution is 5.93. The number of ketones is 1. The van der Waals surface area contributed by atoms with Gasteiger partial charge in [-0.25, -0.2) is 4.98 Å². The average Bonchev–Trinajstić information content (AvgIpc) is 2.56. The molecule has 0 fully saturated rings. The van der Waals surface area contributed by atoms with Gasteiger partial charge in [-0.3, -0.25) is 4.79 Å². The van der Waals surface area contributed by atoms with Crippen LogP contribution in [0.15, 0.2) is 30.3 Å². The molecule has 0 bridgehead atoms. The van der Waals surface area contributed by atoms with Crippen LogP contribution in [0, 0.1) is 13.8 Å². The van der Waals surface area contributed by atoms with E-state index in [2.05, 4.69) is 4.98 Å². The number of aromatic nitrogens is 2. The summed E-state index contributed by atoms with van der Waals surface area (Å²) in [5, 5.41) is 0. The number of aryl methyl sites for hydroxylation is 1. The number of para-hydroxylation sites is 1. The predicted molar refractivity (Wildman–Crippen MR) is 63.0 cm³/mol. The summed E-state index contributed by atoms with van der Waals surface area (Å²) in [4.78, 5) is 15.7. The van der Waals surface area contributed by atoms with Crippen molar-refractivity contribution in [2.45, 2.75) is 20.8 Å². The van der Waals surface area contributed by atoms with Crippen molar-refractivity contribution in [3.05, 3.63) is 47.5 Å². The molecule has 3 heteroatoms.